The molecule has 1 fully saturated rings. The molecule has 1 saturated carbocycles. The molecule has 1 aliphatic carbocycles. The number of fused-ring (bicyclic) bond motifs is 1. The van der Waals surface area contributed by atoms with Gasteiger partial charge in [0.1, 0.15) is 0 Å². The first-order chi connectivity index (χ1) is 17.0. The summed E-state index contributed by atoms with van der Waals surface area (Å²) in [5.74, 6) is 6.75. The zero-order chi connectivity index (χ0) is 24.1. The molecule has 3 aromatic heterocycles. The van der Waals surface area contributed by atoms with Gasteiger partial charge in [-0.3, -0.25) is 14.5 Å². The third-order valence-electron chi connectivity index (χ3n) is 7.03. The molecule has 3 aliphatic rings. The lowest BCUT2D eigenvalue weighted by molar-refractivity contribution is 0.0616. The number of hydrogen-bond acceptors (Lipinski definition) is 8. The molecule has 0 saturated heterocycles. The summed E-state index contributed by atoms with van der Waals surface area (Å²) in [4.78, 5) is 23.1. The summed E-state index contributed by atoms with van der Waals surface area (Å²) in [6.07, 6.45) is 15.0. The molecular formula is C24H27N9O2. The summed E-state index contributed by atoms with van der Waals surface area (Å²) >= 11 is 0. The van der Waals surface area contributed by atoms with Crippen molar-refractivity contribution in [2.45, 2.75) is 38.6 Å². The van der Waals surface area contributed by atoms with Gasteiger partial charge in [-0.15, -0.1) is 10.2 Å². The second kappa shape index (κ2) is 8.35. The van der Waals surface area contributed by atoms with E-state index < -0.39 is 0 Å². The van der Waals surface area contributed by atoms with E-state index in [-0.39, 0.29) is 23.7 Å². The maximum Gasteiger partial charge on any atom is 0.312 e. The Balaban J connectivity index is 1.29. The normalized spacial score (nSPS) is 20.9. The number of amides is 1. The SMILES string of the molecule is Cc1c(-c2nnc(C(=O)N3CCc4[nH]cnc4[C@@H]3C/C=C3/C(C4CC4)=CC=CN3N)o2)cnn1C. The summed E-state index contributed by atoms with van der Waals surface area (Å²) in [5.41, 5.74) is 5.72. The fourth-order valence-corrected chi connectivity index (χ4v) is 4.83. The Morgan fingerprint density at radius 1 is 1.34 bits per heavy atom. The highest BCUT2D eigenvalue weighted by Crippen LogP contribution is 2.42. The van der Waals surface area contributed by atoms with Crippen LogP contribution in [0.2, 0.25) is 0 Å². The van der Waals surface area contributed by atoms with Gasteiger partial charge in [0.25, 0.3) is 5.89 Å². The number of aryl methyl sites for hydroxylation is 1. The highest BCUT2D eigenvalue weighted by molar-refractivity contribution is 5.90. The van der Waals surface area contributed by atoms with Crippen LogP contribution in [0.4, 0.5) is 0 Å². The number of imidazole rings is 1. The Hall–Kier alpha value is -3.99. The first kappa shape index (κ1) is 21.5. The van der Waals surface area contributed by atoms with Crippen molar-refractivity contribution >= 4 is 5.91 Å². The number of hydrazine groups is 1. The van der Waals surface area contributed by atoms with Crippen LogP contribution in [0.1, 0.15) is 53.1 Å². The Morgan fingerprint density at radius 2 is 2.20 bits per heavy atom. The molecule has 180 valence electrons. The molecule has 0 spiro atoms. The summed E-state index contributed by atoms with van der Waals surface area (Å²) in [6.45, 7) is 2.43. The molecule has 0 unspecified atom stereocenters. The number of aromatic amines is 1. The predicted octanol–water partition coefficient (Wildman–Crippen LogP) is 2.55. The van der Waals surface area contributed by atoms with Crippen molar-refractivity contribution in [3.05, 3.63) is 71.2 Å². The number of rotatable bonds is 5. The Labute approximate surface area is 202 Å². The van der Waals surface area contributed by atoms with E-state index in [1.165, 1.54) is 18.4 Å². The molecule has 3 aromatic rings. The molecule has 35 heavy (non-hydrogen) atoms. The van der Waals surface area contributed by atoms with E-state index in [9.17, 15) is 4.79 Å². The molecular weight excluding hydrogens is 446 g/mol. The molecule has 0 bridgehead atoms. The van der Waals surface area contributed by atoms with Gasteiger partial charge < -0.3 is 14.3 Å². The molecule has 11 nitrogen and oxygen atoms in total. The molecule has 0 aromatic carbocycles. The number of hydrogen-bond donors (Lipinski definition) is 2. The first-order valence-corrected chi connectivity index (χ1v) is 11.8. The molecule has 6 rings (SSSR count). The number of aromatic nitrogens is 6. The Morgan fingerprint density at radius 3 is 2.97 bits per heavy atom. The van der Waals surface area contributed by atoms with Gasteiger partial charge in [-0.1, -0.05) is 12.2 Å². The quantitative estimate of drug-likeness (QED) is 0.540. The van der Waals surface area contributed by atoms with E-state index in [0.29, 0.717) is 30.9 Å². The summed E-state index contributed by atoms with van der Waals surface area (Å²) in [5, 5.41) is 14.1. The minimum atomic E-state index is -0.312. The van der Waals surface area contributed by atoms with Crippen molar-refractivity contribution in [3.8, 4) is 11.5 Å². The molecule has 5 heterocycles. The van der Waals surface area contributed by atoms with Gasteiger partial charge in [0, 0.05) is 37.6 Å². The smallest absolute Gasteiger partial charge is 0.312 e. The maximum absolute atomic E-state index is 13.6. The standard InChI is InChI=1S/C24H27N9O2/c1-14-17(12-28-31(14)2)22-29-30-23(35-22)24(34)32-11-9-18-21(27-13-26-18)20(32)8-7-19-16(15-5-6-15)4-3-10-33(19)25/h3-4,7,10,12-13,15,20H,5-6,8-9,11,25H2,1-2H3,(H,26,27)/b19-7-/t20-/m0/s1. The van der Waals surface area contributed by atoms with Crippen LogP contribution in [0.3, 0.4) is 0 Å². The van der Waals surface area contributed by atoms with Gasteiger partial charge in [0.2, 0.25) is 0 Å². The van der Waals surface area contributed by atoms with E-state index in [1.807, 2.05) is 26.2 Å². The van der Waals surface area contributed by atoms with Crippen LogP contribution in [-0.4, -0.2) is 52.3 Å². The highest BCUT2D eigenvalue weighted by atomic mass is 16.4. The minimum Gasteiger partial charge on any atom is -0.412 e. The van der Waals surface area contributed by atoms with Crippen LogP contribution in [0, 0.1) is 12.8 Å². The van der Waals surface area contributed by atoms with Gasteiger partial charge in [-0.2, -0.15) is 5.10 Å². The van der Waals surface area contributed by atoms with Gasteiger partial charge in [0.05, 0.1) is 35.5 Å². The van der Waals surface area contributed by atoms with Gasteiger partial charge in [0.15, 0.2) is 0 Å². The lowest BCUT2D eigenvalue weighted by Crippen LogP contribution is -2.40. The van der Waals surface area contributed by atoms with Crippen molar-refractivity contribution in [1.29, 1.82) is 0 Å². The van der Waals surface area contributed by atoms with Crippen LogP contribution >= 0.6 is 0 Å². The summed E-state index contributed by atoms with van der Waals surface area (Å²) in [7, 11) is 1.84. The highest BCUT2D eigenvalue weighted by Gasteiger charge is 2.36. The second-order valence-electron chi connectivity index (χ2n) is 9.18. The van der Waals surface area contributed by atoms with E-state index in [1.54, 1.807) is 27.1 Å². The first-order valence-electron chi connectivity index (χ1n) is 11.8. The van der Waals surface area contributed by atoms with Crippen molar-refractivity contribution in [1.82, 2.24) is 39.9 Å². The third kappa shape index (κ3) is 3.77. The van der Waals surface area contributed by atoms with Crippen LogP contribution in [0.15, 0.2) is 52.6 Å². The predicted molar refractivity (Wildman–Crippen MR) is 126 cm³/mol. The fourth-order valence-electron chi connectivity index (χ4n) is 4.83. The number of carbonyl (C=O) groups is 1. The van der Waals surface area contributed by atoms with Gasteiger partial charge in [-0.05, 0) is 43.8 Å². The number of nitrogens with one attached hydrogen (secondary N) is 1. The van der Waals surface area contributed by atoms with Gasteiger partial charge >= 0.3 is 11.8 Å². The van der Waals surface area contributed by atoms with E-state index in [0.717, 1.165) is 22.8 Å². The van der Waals surface area contributed by atoms with Gasteiger partial charge in [-0.25, -0.2) is 10.8 Å². The van der Waals surface area contributed by atoms with Crippen molar-refractivity contribution in [2.75, 3.05) is 6.54 Å². The van der Waals surface area contributed by atoms with Crippen LogP contribution in [0.5, 0.6) is 0 Å². The van der Waals surface area contributed by atoms with E-state index >= 15 is 0 Å². The van der Waals surface area contributed by atoms with Crippen LogP contribution in [0.25, 0.3) is 11.5 Å². The number of carbonyl (C=O) groups excluding carboxylic acids is 1. The summed E-state index contributed by atoms with van der Waals surface area (Å²) < 4.78 is 7.53. The lowest BCUT2D eigenvalue weighted by Gasteiger charge is -2.34. The zero-order valence-electron chi connectivity index (χ0n) is 19.7. The van der Waals surface area contributed by atoms with Crippen LogP contribution in [-0.2, 0) is 13.5 Å². The topological polar surface area (TPSA) is 135 Å². The average molecular weight is 474 g/mol. The lowest BCUT2D eigenvalue weighted by atomic mass is 9.97. The average Bonchev–Trinajstić information content (AvgIpc) is 3.23. The third-order valence-corrected chi connectivity index (χ3v) is 7.03. The fraction of sp³-hybridized carbons (Fsp3) is 0.375. The molecule has 1 atom stereocenters. The minimum absolute atomic E-state index is 0.0421. The maximum atomic E-state index is 13.6. The summed E-state index contributed by atoms with van der Waals surface area (Å²) in [6, 6.07) is -0.278. The molecule has 0 radical (unpaired) electrons. The molecule has 2 aliphatic heterocycles. The molecule has 1 amide bonds. The monoisotopic (exact) mass is 473 g/mol. The van der Waals surface area contributed by atoms with E-state index in [4.69, 9.17) is 10.3 Å². The van der Waals surface area contributed by atoms with Crippen LogP contribution < -0.4 is 5.84 Å². The zero-order valence-corrected chi connectivity index (χ0v) is 19.7. The number of nitrogens with zero attached hydrogens (tertiary/aromatic N) is 7. The van der Waals surface area contributed by atoms with Crippen molar-refractivity contribution in [3.63, 3.8) is 0 Å². The van der Waals surface area contributed by atoms with Crippen molar-refractivity contribution in [2.24, 2.45) is 18.8 Å². The second-order valence-corrected chi connectivity index (χ2v) is 9.18. The Kier molecular flexibility index (Phi) is 5.14. The number of nitrogens with two attached hydrogens (primary N) is 1. The molecule has 11 heteroatoms. The molecule has 3 N–H and O–H groups in total. The largest absolute Gasteiger partial charge is 0.412 e. The van der Waals surface area contributed by atoms with Crippen molar-refractivity contribution < 1.29 is 9.21 Å². The number of allylic oxidation sites excluding steroid dienone is 3. The van der Waals surface area contributed by atoms with E-state index in [2.05, 4.69) is 37.4 Å². The number of H-pyrrole nitrogens is 1. The Bertz CT molecular complexity index is 1370.